The molecular formula is C9H9O4-. The number of rotatable bonds is 3. The quantitative estimate of drug-likeness (QED) is 0.681. The number of carbonyl (C=O) groups is 1. The van der Waals surface area contributed by atoms with Crippen LogP contribution in [0.3, 0.4) is 0 Å². The van der Waals surface area contributed by atoms with Crippen molar-refractivity contribution in [1.82, 2.24) is 0 Å². The number of carboxylic acids is 1. The summed E-state index contributed by atoms with van der Waals surface area (Å²) in [5, 5.41) is 19.3. The van der Waals surface area contributed by atoms with Crippen molar-refractivity contribution in [2.45, 2.75) is 6.10 Å². The molecule has 0 radical (unpaired) electrons. The van der Waals surface area contributed by atoms with E-state index >= 15 is 0 Å². The van der Waals surface area contributed by atoms with Gasteiger partial charge in [-0.3, -0.25) is 0 Å². The number of ether oxygens (including phenoxy) is 1. The van der Waals surface area contributed by atoms with Crippen molar-refractivity contribution >= 4 is 5.97 Å². The number of aliphatic hydroxyl groups excluding tert-OH is 1. The standard InChI is InChI=1S/C9H10O4/c1-13-7-4-2-6(3-5-7)8(10)9(11)12/h2-5,8,10H,1H3,(H,11,12)/p-1. The Kier molecular flexibility index (Phi) is 2.87. The molecule has 0 aromatic heterocycles. The van der Waals surface area contributed by atoms with Gasteiger partial charge in [-0.05, 0) is 17.7 Å². The fourth-order valence-electron chi connectivity index (χ4n) is 0.922. The van der Waals surface area contributed by atoms with Crippen LogP contribution < -0.4 is 9.84 Å². The lowest BCUT2D eigenvalue weighted by molar-refractivity contribution is -0.315. The van der Waals surface area contributed by atoms with Gasteiger partial charge in [-0.15, -0.1) is 0 Å². The van der Waals surface area contributed by atoms with E-state index in [1.807, 2.05) is 0 Å². The maximum absolute atomic E-state index is 10.3. The average molecular weight is 181 g/mol. The Morgan fingerprint density at radius 1 is 1.46 bits per heavy atom. The van der Waals surface area contributed by atoms with E-state index in [2.05, 4.69) is 0 Å². The van der Waals surface area contributed by atoms with Crippen molar-refractivity contribution in [3.05, 3.63) is 29.8 Å². The molecule has 0 amide bonds. The average Bonchev–Trinajstić information content (AvgIpc) is 2.17. The molecule has 1 unspecified atom stereocenters. The summed E-state index contributed by atoms with van der Waals surface area (Å²) in [5.41, 5.74) is 0.279. The fraction of sp³-hybridized carbons (Fsp3) is 0.222. The highest BCUT2D eigenvalue weighted by molar-refractivity contribution is 5.71. The van der Waals surface area contributed by atoms with Crippen LogP contribution in [0.5, 0.6) is 5.75 Å². The van der Waals surface area contributed by atoms with E-state index in [4.69, 9.17) is 9.84 Å². The van der Waals surface area contributed by atoms with E-state index in [0.29, 0.717) is 5.75 Å². The largest absolute Gasteiger partial charge is 0.547 e. The van der Waals surface area contributed by atoms with Gasteiger partial charge in [-0.2, -0.15) is 0 Å². The number of aliphatic hydroxyl groups is 1. The minimum Gasteiger partial charge on any atom is -0.547 e. The summed E-state index contributed by atoms with van der Waals surface area (Å²) in [7, 11) is 1.50. The SMILES string of the molecule is COc1ccc(C(O)C(=O)[O-])cc1. The van der Waals surface area contributed by atoms with Gasteiger partial charge in [-0.25, -0.2) is 0 Å². The number of carboxylic acid groups (broad SMARTS) is 1. The monoisotopic (exact) mass is 181 g/mol. The molecule has 0 saturated carbocycles. The third-order valence-corrected chi connectivity index (χ3v) is 1.65. The number of methoxy groups -OCH3 is 1. The normalized spacial score (nSPS) is 12.2. The highest BCUT2D eigenvalue weighted by atomic mass is 16.5. The van der Waals surface area contributed by atoms with E-state index in [1.54, 1.807) is 12.1 Å². The molecule has 0 fully saturated rings. The highest BCUT2D eigenvalue weighted by Gasteiger charge is 2.07. The van der Waals surface area contributed by atoms with Crippen LogP contribution in [0.25, 0.3) is 0 Å². The Balaban J connectivity index is 2.85. The lowest BCUT2D eigenvalue weighted by Gasteiger charge is -2.11. The minimum atomic E-state index is -1.58. The highest BCUT2D eigenvalue weighted by Crippen LogP contribution is 2.16. The summed E-state index contributed by atoms with van der Waals surface area (Å²) >= 11 is 0. The molecule has 1 aromatic carbocycles. The van der Waals surface area contributed by atoms with Crippen molar-refractivity contribution in [2.24, 2.45) is 0 Å². The van der Waals surface area contributed by atoms with Gasteiger partial charge in [-0.1, -0.05) is 12.1 Å². The molecule has 70 valence electrons. The van der Waals surface area contributed by atoms with Crippen molar-refractivity contribution in [1.29, 1.82) is 0 Å². The van der Waals surface area contributed by atoms with Gasteiger partial charge >= 0.3 is 0 Å². The minimum absolute atomic E-state index is 0.279. The third kappa shape index (κ3) is 2.19. The molecule has 1 rings (SSSR count). The number of hydrogen-bond acceptors (Lipinski definition) is 4. The molecule has 1 atom stereocenters. The lowest BCUT2D eigenvalue weighted by atomic mass is 10.1. The van der Waals surface area contributed by atoms with Crippen LogP contribution in [0.1, 0.15) is 11.7 Å². The zero-order valence-electron chi connectivity index (χ0n) is 7.06. The van der Waals surface area contributed by atoms with E-state index in [-0.39, 0.29) is 5.56 Å². The second-order valence-corrected chi connectivity index (χ2v) is 2.49. The number of aliphatic carboxylic acids is 1. The predicted octanol–water partition coefficient (Wildman–Crippen LogP) is -0.522. The molecule has 0 saturated heterocycles. The van der Waals surface area contributed by atoms with Gasteiger partial charge in [0.25, 0.3) is 0 Å². The molecule has 13 heavy (non-hydrogen) atoms. The van der Waals surface area contributed by atoms with Crippen LogP contribution in [0, 0.1) is 0 Å². The second-order valence-electron chi connectivity index (χ2n) is 2.49. The van der Waals surface area contributed by atoms with E-state index < -0.39 is 12.1 Å². The van der Waals surface area contributed by atoms with Crippen LogP contribution in [0.4, 0.5) is 0 Å². The Bertz CT molecular complexity index is 291. The van der Waals surface area contributed by atoms with Gasteiger partial charge in [0.1, 0.15) is 11.9 Å². The zero-order valence-corrected chi connectivity index (χ0v) is 7.06. The molecule has 1 aromatic rings. The smallest absolute Gasteiger partial charge is 0.118 e. The van der Waals surface area contributed by atoms with Crippen LogP contribution in [-0.4, -0.2) is 18.2 Å². The van der Waals surface area contributed by atoms with Crippen molar-refractivity contribution in [3.8, 4) is 5.75 Å². The molecule has 0 aliphatic carbocycles. The maximum Gasteiger partial charge on any atom is 0.118 e. The third-order valence-electron chi connectivity index (χ3n) is 1.65. The van der Waals surface area contributed by atoms with Gasteiger partial charge < -0.3 is 19.7 Å². The van der Waals surface area contributed by atoms with Crippen LogP contribution in [0.15, 0.2) is 24.3 Å². The molecule has 1 N–H and O–H groups in total. The summed E-state index contributed by atoms with van der Waals surface area (Å²) in [6.07, 6.45) is -1.58. The van der Waals surface area contributed by atoms with Crippen molar-refractivity contribution in [3.63, 3.8) is 0 Å². The summed E-state index contributed by atoms with van der Waals surface area (Å²) in [5.74, 6) is -0.903. The fourth-order valence-corrected chi connectivity index (χ4v) is 0.922. The zero-order chi connectivity index (χ0) is 9.84. The molecule has 0 aliphatic heterocycles. The van der Waals surface area contributed by atoms with Crippen LogP contribution in [-0.2, 0) is 4.79 Å². The Labute approximate surface area is 75.4 Å². The predicted molar refractivity (Wildman–Crippen MR) is 43.0 cm³/mol. The summed E-state index contributed by atoms with van der Waals surface area (Å²) < 4.78 is 4.86. The Hall–Kier alpha value is -1.55. The molecule has 4 nitrogen and oxygen atoms in total. The van der Waals surface area contributed by atoms with Crippen molar-refractivity contribution < 1.29 is 19.7 Å². The van der Waals surface area contributed by atoms with E-state index in [1.165, 1.54) is 19.2 Å². The van der Waals surface area contributed by atoms with Gasteiger partial charge in [0.2, 0.25) is 0 Å². The van der Waals surface area contributed by atoms with Crippen LogP contribution in [0.2, 0.25) is 0 Å². The molecule has 0 heterocycles. The molecule has 4 heteroatoms. The first-order valence-electron chi connectivity index (χ1n) is 3.68. The topological polar surface area (TPSA) is 69.6 Å². The molecular weight excluding hydrogens is 172 g/mol. The van der Waals surface area contributed by atoms with Gasteiger partial charge in [0.05, 0.1) is 13.1 Å². The van der Waals surface area contributed by atoms with Gasteiger partial charge in [0.15, 0.2) is 0 Å². The molecule has 0 aliphatic rings. The first-order chi connectivity index (χ1) is 6.15. The number of benzene rings is 1. The number of carbonyl (C=O) groups excluding carboxylic acids is 1. The number of hydrogen-bond donors (Lipinski definition) is 1. The van der Waals surface area contributed by atoms with Crippen LogP contribution >= 0.6 is 0 Å². The van der Waals surface area contributed by atoms with Crippen molar-refractivity contribution in [2.75, 3.05) is 7.11 Å². The van der Waals surface area contributed by atoms with E-state index in [0.717, 1.165) is 0 Å². The summed E-state index contributed by atoms with van der Waals surface area (Å²) in [4.78, 5) is 10.3. The first-order valence-corrected chi connectivity index (χ1v) is 3.68. The molecule has 0 bridgehead atoms. The Morgan fingerprint density at radius 3 is 2.38 bits per heavy atom. The van der Waals surface area contributed by atoms with Gasteiger partial charge in [0, 0.05) is 0 Å². The summed E-state index contributed by atoms with van der Waals surface area (Å²) in [6.45, 7) is 0. The van der Waals surface area contributed by atoms with E-state index in [9.17, 15) is 9.90 Å². The Morgan fingerprint density at radius 2 is 2.00 bits per heavy atom. The summed E-state index contributed by atoms with van der Waals surface area (Å²) in [6, 6.07) is 6.08. The molecule has 0 spiro atoms. The lowest BCUT2D eigenvalue weighted by Crippen LogP contribution is -2.29. The second kappa shape index (κ2) is 3.91. The maximum atomic E-state index is 10.3. The first kappa shape index (κ1) is 9.54.